The monoisotopic (exact) mass is 585 g/mol. The predicted molar refractivity (Wildman–Crippen MR) is 146 cm³/mol. The van der Waals surface area contributed by atoms with Gasteiger partial charge in [0.1, 0.15) is 11.6 Å². The lowest BCUT2D eigenvalue weighted by molar-refractivity contribution is -0.156. The van der Waals surface area contributed by atoms with Crippen LogP contribution in [0.5, 0.6) is 5.75 Å². The van der Waals surface area contributed by atoms with E-state index in [1.165, 1.54) is 4.90 Å². The molecular formula is C29H32FN3O7S. The summed E-state index contributed by atoms with van der Waals surface area (Å²) >= 11 is 0. The van der Waals surface area contributed by atoms with E-state index in [2.05, 4.69) is 5.32 Å². The summed E-state index contributed by atoms with van der Waals surface area (Å²) in [5.41, 5.74) is 4.71. The third kappa shape index (κ3) is 5.07. The van der Waals surface area contributed by atoms with Crippen molar-refractivity contribution in [3.63, 3.8) is 0 Å². The molecule has 12 heteroatoms. The Bertz CT molecular complexity index is 1510. The minimum atomic E-state index is -4.15. The second kappa shape index (κ2) is 9.80. The Kier molecular flexibility index (Phi) is 6.61. The summed E-state index contributed by atoms with van der Waals surface area (Å²) < 4.78 is 47.5. The molecule has 0 unspecified atom stereocenters. The molecule has 2 aromatic rings. The van der Waals surface area contributed by atoms with Gasteiger partial charge in [0.15, 0.2) is 9.84 Å². The van der Waals surface area contributed by atoms with Crippen LogP contribution in [0.3, 0.4) is 0 Å². The number of nitrogens with one attached hydrogen (secondary N) is 1. The fourth-order valence-electron chi connectivity index (χ4n) is 6.29. The second-order valence-electron chi connectivity index (χ2n) is 11.9. The number of aliphatic carboxylic acids is 1. The van der Waals surface area contributed by atoms with Crippen molar-refractivity contribution in [2.24, 2.45) is 11.1 Å². The molecule has 2 amide bonds. The number of hydrogen-bond acceptors (Lipinski definition) is 7. The summed E-state index contributed by atoms with van der Waals surface area (Å²) in [7, 11) is -4.15. The van der Waals surface area contributed by atoms with Crippen LogP contribution in [0.2, 0.25) is 0 Å². The van der Waals surface area contributed by atoms with E-state index in [9.17, 15) is 27.9 Å². The summed E-state index contributed by atoms with van der Waals surface area (Å²) in [6.45, 7) is -0.0489. The first kappa shape index (κ1) is 27.6. The van der Waals surface area contributed by atoms with Gasteiger partial charge in [-0.05, 0) is 81.2 Å². The average Bonchev–Trinajstić information content (AvgIpc) is 3.77. The SMILES string of the molecule is N[C@H]1CS(=O)(=O)c2cc(F)c(C(=O)NC34CCC(C(=O)O)(CC3)CC4)cc2N(Cc2ccc(OC3CC3)cc2)C1=O. The number of rotatable bonds is 7. The van der Waals surface area contributed by atoms with Crippen LogP contribution < -0.4 is 20.7 Å². The van der Waals surface area contributed by atoms with Crippen LogP contribution in [0, 0.1) is 11.2 Å². The van der Waals surface area contributed by atoms with Crippen LogP contribution in [0.25, 0.3) is 0 Å². The summed E-state index contributed by atoms with van der Waals surface area (Å²) in [5, 5.41) is 12.6. The molecule has 0 saturated heterocycles. The molecule has 41 heavy (non-hydrogen) atoms. The molecule has 0 radical (unpaired) electrons. The number of sulfone groups is 1. The quantitative estimate of drug-likeness (QED) is 0.448. The highest BCUT2D eigenvalue weighted by Gasteiger charge is 2.53. The number of hydrogen-bond donors (Lipinski definition) is 3. The van der Waals surface area contributed by atoms with Crippen molar-refractivity contribution in [1.29, 1.82) is 0 Å². The highest BCUT2D eigenvalue weighted by Crippen LogP contribution is 2.52. The van der Waals surface area contributed by atoms with Crippen molar-refractivity contribution < 1.29 is 37.0 Å². The Morgan fingerprint density at radius 1 is 1.07 bits per heavy atom. The van der Waals surface area contributed by atoms with E-state index in [1.54, 1.807) is 24.3 Å². The third-order valence-corrected chi connectivity index (χ3v) is 10.9. The highest BCUT2D eigenvalue weighted by molar-refractivity contribution is 7.91. The van der Waals surface area contributed by atoms with Crippen molar-refractivity contribution >= 4 is 33.3 Å². The number of carbonyl (C=O) groups excluding carboxylic acids is 2. The van der Waals surface area contributed by atoms with Gasteiger partial charge in [0.05, 0.1) is 46.0 Å². The zero-order valence-electron chi connectivity index (χ0n) is 22.4. The van der Waals surface area contributed by atoms with Gasteiger partial charge >= 0.3 is 5.97 Å². The van der Waals surface area contributed by atoms with Crippen LogP contribution in [0.1, 0.15) is 67.3 Å². The number of anilines is 1. The van der Waals surface area contributed by atoms with Gasteiger partial charge in [0, 0.05) is 5.54 Å². The zero-order chi connectivity index (χ0) is 29.2. The van der Waals surface area contributed by atoms with Crippen LogP contribution in [0.4, 0.5) is 10.1 Å². The van der Waals surface area contributed by atoms with E-state index in [-0.39, 0.29) is 18.3 Å². The predicted octanol–water partition coefficient (Wildman–Crippen LogP) is 2.92. The van der Waals surface area contributed by atoms with E-state index in [0.29, 0.717) is 49.8 Å². The Morgan fingerprint density at radius 3 is 2.29 bits per heavy atom. The molecule has 1 atom stereocenters. The standard InChI is InChI=1S/C29H32FN3O7S/c30-21-14-24-23(13-20(21)25(34)32-29-10-7-28(8-11-29,9-12-29)27(36)37)33(26(35)22(31)16-41(24,38)39)15-17-1-3-18(4-2-17)40-19-5-6-19/h1-4,13-14,19,22H,5-12,15-16,31H2,(H,32,34)(H,36,37)/t22-,28?,29?/m0/s1. The molecule has 4 aliphatic carbocycles. The van der Waals surface area contributed by atoms with Crippen LogP contribution in [-0.2, 0) is 26.0 Å². The number of carboxylic acids is 1. The first-order valence-corrected chi connectivity index (χ1v) is 15.5. The largest absolute Gasteiger partial charge is 0.490 e. The van der Waals surface area contributed by atoms with E-state index in [1.807, 2.05) is 0 Å². The van der Waals surface area contributed by atoms with Gasteiger partial charge in [-0.25, -0.2) is 12.8 Å². The average molecular weight is 586 g/mol. The highest BCUT2D eigenvalue weighted by atomic mass is 32.2. The van der Waals surface area contributed by atoms with E-state index in [4.69, 9.17) is 10.5 Å². The number of nitrogens with zero attached hydrogens (tertiary/aromatic N) is 1. The summed E-state index contributed by atoms with van der Waals surface area (Å²) in [5.74, 6) is -3.27. The number of fused-ring (bicyclic) bond motifs is 4. The molecule has 1 aliphatic heterocycles. The maximum Gasteiger partial charge on any atom is 0.309 e. The minimum Gasteiger partial charge on any atom is -0.490 e. The number of amides is 2. The molecule has 1 heterocycles. The maximum absolute atomic E-state index is 15.4. The van der Waals surface area contributed by atoms with Gasteiger partial charge in [-0.3, -0.25) is 14.4 Å². The number of ether oxygens (including phenoxy) is 1. The van der Waals surface area contributed by atoms with Gasteiger partial charge in [0.2, 0.25) is 5.91 Å². The van der Waals surface area contributed by atoms with Crippen molar-refractivity contribution in [3.05, 3.63) is 53.3 Å². The van der Waals surface area contributed by atoms with Crippen molar-refractivity contribution in [1.82, 2.24) is 5.32 Å². The smallest absolute Gasteiger partial charge is 0.309 e. The molecule has 218 valence electrons. The second-order valence-corrected chi connectivity index (χ2v) is 13.9. The molecule has 0 spiro atoms. The first-order valence-electron chi connectivity index (χ1n) is 13.9. The Hall–Kier alpha value is -3.51. The molecule has 4 fully saturated rings. The molecule has 5 aliphatic rings. The first-order chi connectivity index (χ1) is 19.4. The molecule has 4 N–H and O–H groups in total. The summed E-state index contributed by atoms with van der Waals surface area (Å²) in [4.78, 5) is 39.4. The molecule has 0 aromatic heterocycles. The van der Waals surface area contributed by atoms with Gasteiger partial charge < -0.3 is 25.8 Å². The molecular weight excluding hydrogens is 553 g/mol. The van der Waals surface area contributed by atoms with Gasteiger partial charge in [-0.2, -0.15) is 0 Å². The number of carbonyl (C=O) groups is 3. The fraction of sp³-hybridized carbons (Fsp3) is 0.483. The molecule has 2 bridgehead atoms. The van der Waals surface area contributed by atoms with E-state index >= 15 is 4.39 Å². The lowest BCUT2D eigenvalue weighted by atomic mass is 9.57. The molecule has 7 rings (SSSR count). The molecule has 2 aromatic carbocycles. The minimum absolute atomic E-state index is 0.0489. The number of halogens is 1. The molecule has 10 nitrogen and oxygen atoms in total. The van der Waals surface area contributed by atoms with Gasteiger partial charge in [-0.15, -0.1) is 0 Å². The summed E-state index contributed by atoms with van der Waals surface area (Å²) in [6.07, 6.45) is 4.82. The topological polar surface area (TPSA) is 156 Å². The van der Waals surface area contributed by atoms with Crippen molar-refractivity contribution in [3.8, 4) is 5.75 Å². The maximum atomic E-state index is 15.4. The Balaban J connectivity index is 1.31. The summed E-state index contributed by atoms with van der Waals surface area (Å²) in [6, 6.07) is 7.59. The fourth-order valence-corrected chi connectivity index (χ4v) is 7.86. The van der Waals surface area contributed by atoms with Crippen LogP contribution in [-0.4, -0.2) is 54.7 Å². The van der Waals surface area contributed by atoms with E-state index < -0.39 is 66.6 Å². The number of carboxylic acid groups (broad SMARTS) is 1. The third-order valence-electron chi connectivity index (χ3n) is 9.07. The van der Waals surface area contributed by atoms with Gasteiger partial charge in [-0.1, -0.05) is 12.1 Å². The number of benzene rings is 2. The zero-order valence-corrected chi connectivity index (χ0v) is 23.2. The van der Waals surface area contributed by atoms with Crippen molar-refractivity contribution in [2.75, 3.05) is 10.7 Å². The van der Waals surface area contributed by atoms with Crippen LogP contribution in [0.15, 0.2) is 41.3 Å². The normalized spacial score (nSPS) is 28.5. The van der Waals surface area contributed by atoms with Gasteiger partial charge in [0.25, 0.3) is 5.91 Å². The van der Waals surface area contributed by atoms with E-state index in [0.717, 1.165) is 25.0 Å². The molecule has 4 saturated carbocycles. The van der Waals surface area contributed by atoms with Crippen molar-refractivity contribution in [2.45, 2.75) is 80.5 Å². The van der Waals surface area contributed by atoms with Crippen LogP contribution >= 0.6 is 0 Å². The Labute approximate surface area is 237 Å². The number of nitrogens with two attached hydrogens (primary N) is 1. The lowest BCUT2D eigenvalue weighted by Gasteiger charge is -2.51. The lowest BCUT2D eigenvalue weighted by Crippen LogP contribution is -2.58. The Morgan fingerprint density at radius 2 is 1.71 bits per heavy atom.